The van der Waals surface area contributed by atoms with Crippen LogP contribution in [-0.4, -0.2) is 62.1 Å². The van der Waals surface area contributed by atoms with Crippen molar-refractivity contribution in [1.29, 1.82) is 0 Å². The number of hydrogen-bond acceptors (Lipinski definition) is 5. The maximum Gasteiger partial charge on any atom is 0.238 e. The second-order valence-corrected chi connectivity index (χ2v) is 6.53. The van der Waals surface area contributed by atoms with E-state index in [1.165, 1.54) is 5.56 Å². The van der Waals surface area contributed by atoms with Gasteiger partial charge in [-0.1, -0.05) is 12.1 Å². The molecule has 3 rings (SSSR count). The van der Waals surface area contributed by atoms with Gasteiger partial charge in [-0.25, -0.2) is 0 Å². The van der Waals surface area contributed by atoms with Gasteiger partial charge in [-0.2, -0.15) is 0 Å². The first-order valence-corrected chi connectivity index (χ1v) is 9.16. The number of nitrogens with zero attached hydrogens (tertiary/aromatic N) is 3. The molecular formula is C20H30Cl3N5O. The van der Waals surface area contributed by atoms with Crippen molar-refractivity contribution >= 4 is 54.5 Å². The molecule has 0 atom stereocenters. The molecule has 0 unspecified atom stereocenters. The summed E-state index contributed by atoms with van der Waals surface area (Å²) in [6.45, 7) is 5.38. The third-order valence-electron chi connectivity index (χ3n) is 4.69. The number of hydrogen-bond donors (Lipinski definition) is 2. The molecule has 1 aliphatic heterocycles. The summed E-state index contributed by atoms with van der Waals surface area (Å²) in [6.07, 6.45) is 4.76. The van der Waals surface area contributed by atoms with Crippen LogP contribution >= 0.6 is 37.2 Å². The molecule has 0 saturated carbocycles. The van der Waals surface area contributed by atoms with Crippen molar-refractivity contribution in [2.24, 2.45) is 0 Å². The molecule has 1 saturated heterocycles. The van der Waals surface area contributed by atoms with Crippen LogP contribution in [0.15, 0.2) is 48.8 Å². The number of para-hydroxylation sites is 2. The summed E-state index contributed by atoms with van der Waals surface area (Å²) >= 11 is 0. The van der Waals surface area contributed by atoms with E-state index in [1.807, 2.05) is 30.6 Å². The number of carbonyl (C=O) groups is 1. The molecule has 2 N–H and O–H groups in total. The lowest BCUT2D eigenvalue weighted by molar-refractivity contribution is -0.115. The first kappa shape index (κ1) is 27.4. The zero-order valence-corrected chi connectivity index (χ0v) is 19.0. The zero-order valence-electron chi connectivity index (χ0n) is 16.5. The molecule has 6 nitrogen and oxygen atoms in total. The molecule has 0 spiro atoms. The minimum atomic E-state index is -0.0177. The highest BCUT2D eigenvalue weighted by Gasteiger charge is 2.19. The molecule has 1 aliphatic rings. The highest BCUT2D eigenvalue weighted by atomic mass is 35.5. The van der Waals surface area contributed by atoms with Crippen molar-refractivity contribution in [2.75, 3.05) is 56.5 Å². The number of likely N-dealkylation sites (N-methyl/N-ethyl adjacent to an activating group) is 1. The predicted molar refractivity (Wildman–Crippen MR) is 127 cm³/mol. The van der Waals surface area contributed by atoms with E-state index in [9.17, 15) is 4.79 Å². The quantitative estimate of drug-likeness (QED) is 0.662. The fourth-order valence-electron chi connectivity index (χ4n) is 3.26. The molecule has 1 fully saturated rings. The third-order valence-corrected chi connectivity index (χ3v) is 4.69. The largest absolute Gasteiger partial charge is 0.367 e. The van der Waals surface area contributed by atoms with Crippen LogP contribution in [0.1, 0.15) is 5.56 Å². The Hall–Kier alpha value is -1.57. The van der Waals surface area contributed by atoms with Crippen molar-refractivity contribution < 1.29 is 4.79 Å². The highest BCUT2D eigenvalue weighted by molar-refractivity contribution is 5.95. The van der Waals surface area contributed by atoms with E-state index in [0.717, 1.165) is 50.5 Å². The number of amides is 1. The number of anilines is 2. The van der Waals surface area contributed by atoms with Crippen LogP contribution in [0.3, 0.4) is 0 Å². The Morgan fingerprint density at radius 3 is 2.31 bits per heavy atom. The van der Waals surface area contributed by atoms with Crippen LogP contribution in [0.4, 0.5) is 11.4 Å². The molecule has 29 heavy (non-hydrogen) atoms. The maximum atomic E-state index is 11.9. The summed E-state index contributed by atoms with van der Waals surface area (Å²) in [7, 11) is 1.77. The molecule has 1 aromatic heterocycles. The van der Waals surface area contributed by atoms with Crippen molar-refractivity contribution in [3.05, 3.63) is 54.4 Å². The number of halogens is 3. The van der Waals surface area contributed by atoms with E-state index >= 15 is 0 Å². The minimum Gasteiger partial charge on any atom is -0.367 e. The molecule has 1 amide bonds. The number of carbonyl (C=O) groups excluding carboxylic acids is 1. The van der Waals surface area contributed by atoms with E-state index in [4.69, 9.17) is 0 Å². The van der Waals surface area contributed by atoms with Crippen LogP contribution in [-0.2, 0) is 11.2 Å². The van der Waals surface area contributed by atoms with E-state index in [1.54, 1.807) is 7.05 Å². The zero-order chi connectivity index (χ0) is 18.2. The van der Waals surface area contributed by atoms with Crippen LogP contribution in [0.2, 0.25) is 0 Å². The maximum absolute atomic E-state index is 11.9. The van der Waals surface area contributed by atoms with Gasteiger partial charge in [0.2, 0.25) is 5.91 Å². The topological polar surface area (TPSA) is 60.5 Å². The number of benzene rings is 1. The van der Waals surface area contributed by atoms with Crippen molar-refractivity contribution in [2.45, 2.75) is 6.42 Å². The van der Waals surface area contributed by atoms with Crippen LogP contribution in [0, 0.1) is 0 Å². The average molecular weight is 463 g/mol. The SMILES string of the molecule is CNCC(=O)Nc1ccccc1N1CCN(CCc2ccncc2)CC1.Cl.Cl.Cl. The summed E-state index contributed by atoms with van der Waals surface area (Å²) in [6, 6.07) is 12.2. The van der Waals surface area contributed by atoms with Gasteiger partial charge >= 0.3 is 0 Å². The predicted octanol–water partition coefficient (Wildman–Crippen LogP) is 2.87. The van der Waals surface area contributed by atoms with Gasteiger partial charge in [-0.15, -0.1) is 37.2 Å². The van der Waals surface area contributed by atoms with Gasteiger partial charge in [0.1, 0.15) is 0 Å². The first-order chi connectivity index (χ1) is 12.8. The molecule has 9 heteroatoms. The van der Waals surface area contributed by atoms with Gasteiger partial charge in [0, 0.05) is 45.1 Å². The monoisotopic (exact) mass is 461 g/mol. The van der Waals surface area contributed by atoms with Crippen molar-refractivity contribution in [3.63, 3.8) is 0 Å². The van der Waals surface area contributed by atoms with Crippen LogP contribution in [0.5, 0.6) is 0 Å². The van der Waals surface area contributed by atoms with Crippen LogP contribution in [0.25, 0.3) is 0 Å². The number of aromatic nitrogens is 1. The molecule has 2 aromatic rings. The fourth-order valence-corrected chi connectivity index (χ4v) is 3.26. The van der Waals surface area contributed by atoms with Gasteiger partial charge in [-0.05, 0) is 43.3 Å². The summed E-state index contributed by atoms with van der Waals surface area (Å²) in [4.78, 5) is 20.8. The highest BCUT2D eigenvalue weighted by Crippen LogP contribution is 2.26. The Morgan fingerprint density at radius 1 is 1.00 bits per heavy atom. The first-order valence-electron chi connectivity index (χ1n) is 9.16. The van der Waals surface area contributed by atoms with Crippen LogP contribution < -0.4 is 15.5 Å². The lowest BCUT2D eigenvalue weighted by Crippen LogP contribution is -2.47. The lowest BCUT2D eigenvalue weighted by Gasteiger charge is -2.37. The van der Waals surface area contributed by atoms with Crippen molar-refractivity contribution in [3.8, 4) is 0 Å². The second-order valence-electron chi connectivity index (χ2n) is 6.53. The summed E-state index contributed by atoms with van der Waals surface area (Å²) in [5, 5.41) is 5.89. The number of pyridine rings is 1. The van der Waals surface area contributed by atoms with E-state index < -0.39 is 0 Å². The smallest absolute Gasteiger partial charge is 0.238 e. The van der Waals surface area contributed by atoms with Gasteiger partial charge in [0.15, 0.2) is 0 Å². The standard InChI is InChI=1S/C20H27N5O.3ClH/c1-21-16-20(26)23-18-4-2-3-5-19(18)25-14-12-24(13-15-25)11-8-17-6-9-22-10-7-17;;;/h2-7,9-10,21H,8,11-16H2,1H3,(H,23,26);3*1H. The minimum absolute atomic E-state index is 0. The molecule has 0 radical (unpaired) electrons. The van der Waals surface area contributed by atoms with E-state index in [0.29, 0.717) is 6.54 Å². The summed E-state index contributed by atoms with van der Waals surface area (Å²) < 4.78 is 0. The Balaban J connectivity index is 0.00000261. The average Bonchev–Trinajstić information content (AvgIpc) is 2.68. The van der Waals surface area contributed by atoms with Gasteiger partial charge in [0.05, 0.1) is 17.9 Å². The van der Waals surface area contributed by atoms with E-state index in [2.05, 4.69) is 43.6 Å². The molecule has 1 aromatic carbocycles. The molecular weight excluding hydrogens is 433 g/mol. The summed E-state index contributed by atoms with van der Waals surface area (Å²) in [5.41, 5.74) is 3.32. The second kappa shape index (κ2) is 14.4. The molecule has 2 heterocycles. The Labute approximate surface area is 191 Å². The van der Waals surface area contributed by atoms with Gasteiger partial charge < -0.3 is 15.5 Å². The fraction of sp³-hybridized carbons (Fsp3) is 0.400. The number of piperazine rings is 1. The third kappa shape index (κ3) is 8.36. The molecule has 162 valence electrons. The lowest BCUT2D eigenvalue weighted by atomic mass is 10.1. The number of rotatable bonds is 7. The van der Waals surface area contributed by atoms with E-state index in [-0.39, 0.29) is 43.1 Å². The molecule has 0 bridgehead atoms. The normalized spacial score (nSPS) is 13.5. The van der Waals surface area contributed by atoms with Crippen molar-refractivity contribution in [1.82, 2.24) is 15.2 Å². The Morgan fingerprint density at radius 2 is 1.66 bits per heavy atom. The van der Waals surface area contributed by atoms with Gasteiger partial charge in [-0.3, -0.25) is 14.7 Å². The Bertz CT molecular complexity index is 712. The number of nitrogens with one attached hydrogen (secondary N) is 2. The summed E-state index contributed by atoms with van der Waals surface area (Å²) in [5.74, 6) is -0.0177. The van der Waals surface area contributed by atoms with Gasteiger partial charge in [0.25, 0.3) is 0 Å². The molecule has 0 aliphatic carbocycles. The Kier molecular flexibility index (Phi) is 13.6.